The van der Waals surface area contributed by atoms with Crippen molar-refractivity contribution in [1.29, 1.82) is 0 Å². The highest BCUT2D eigenvalue weighted by molar-refractivity contribution is 5.63. The Labute approximate surface area is 213 Å². The second kappa shape index (κ2) is 11.3. The van der Waals surface area contributed by atoms with Crippen LogP contribution in [0.5, 0.6) is 5.75 Å². The molecular formula is C25H39N8O3+. The minimum atomic E-state index is -0.456. The number of methoxy groups -OCH3 is 1. The number of piperidine rings is 1. The van der Waals surface area contributed by atoms with Crippen LogP contribution in [-0.2, 0) is 0 Å². The predicted octanol–water partition coefficient (Wildman–Crippen LogP) is 4.33. The van der Waals surface area contributed by atoms with E-state index in [1.807, 2.05) is 0 Å². The van der Waals surface area contributed by atoms with Gasteiger partial charge in [-0.05, 0) is 32.0 Å². The summed E-state index contributed by atoms with van der Waals surface area (Å²) in [6.07, 6.45) is 9.26. The van der Waals surface area contributed by atoms with E-state index >= 15 is 0 Å². The highest BCUT2D eigenvalue weighted by Gasteiger charge is 2.36. The monoisotopic (exact) mass is 499 g/mol. The van der Waals surface area contributed by atoms with Crippen LogP contribution in [0.4, 0.5) is 29.2 Å². The lowest BCUT2D eigenvalue weighted by atomic mass is 10.0. The van der Waals surface area contributed by atoms with Crippen LogP contribution in [0.25, 0.3) is 0 Å². The lowest BCUT2D eigenvalue weighted by molar-refractivity contribution is -0.385. The molecule has 2 heterocycles. The molecule has 11 nitrogen and oxygen atoms in total. The Morgan fingerprint density at radius 2 is 1.69 bits per heavy atom. The van der Waals surface area contributed by atoms with Crippen LogP contribution in [0.3, 0.4) is 0 Å². The summed E-state index contributed by atoms with van der Waals surface area (Å²) in [5.74, 6) is 1.81. The molecule has 1 aliphatic heterocycles. The average Bonchev–Trinajstić information content (AvgIpc) is 3.12. The summed E-state index contributed by atoms with van der Waals surface area (Å²) in [5.41, 5.74) is 0.403. The third kappa shape index (κ3) is 6.19. The molecule has 2 fully saturated rings. The first kappa shape index (κ1) is 26.0. The van der Waals surface area contributed by atoms with Crippen molar-refractivity contribution in [1.82, 2.24) is 24.3 Å². The summed E-state index contributed by atoms with van der Waals surface area (Å²) < 4.78 is 5.69. The fourth-order valence-electron chi connectivity index (χ4n) is 5.19. The lowest BCUT2D eigenvalue weighted by Gasteiger charge is -2.39. The summed E-state index contributed by atoms with van der Waals surface area (Å²) in [4.78, 5) is 27.8. The fourth-order valence-corrected chi connectivity index (χ4v) is 5.19. The number of anilines is 3. The maximum absolute atomic E-state index is 11.5. The molecule has 1 aliphatic carbocycles. The first-order valence-corrected chi connectivity index (χ1v) is 12.9. The molecule has 36 heavy (non-hydrogen) atoms. The molecule has 0 atom stereocenters. The van der Waals surface area contributed by atoms with Gasteiger partial charge in [0.25, 0.3) is 0 Å². The predicted molar refractivity (Wildman–Crippen MR) is 142 cm³/mol. The van der Waals surface area contributed by atoms with Crippen LogP contribution in [0.2, 0.25) is 0 Å². The van der Waals surface area contributed by atoms with E-state index in [1.165, 1.54) is 38.9 Å². The van der Waals surface area contributed by atoms with Gasteiger partial charge in [-0.15, -0.1) is 9.97 Å². The van der Waals surface area contributed by atoms with Crippen LogP contribution >= 0.6 is 0 Å². The van der Waals surface area contributed by atoms with Crippen LogP contribution in [0, 0.1) is 10.1 Å². The van der Waals surface area contributed by atoms with Gasteiger partial charge in [0.1, 0.15) is 0 Å². The SMILES string of the molecule is COc1ccc(Nc2nc(NC3CCCCCC3)nc([N+](C)(C)C3CCN(C)CC3)n2)cc1[N+](=O)[O-]. The summed E-state index contributed by atoms with van der Waals surface area (Å²) in [7, 11) is 7.89. The third-order valence-electron chi connectivity index (χ3n) is 7.56. The van der Waals surface area contributed by atoms with E-state index in [1.54, 1.807) is 12.1 Å². The van der Waals surface area contributed by atoms with Gasteiger partial charge in [-0.3, -0.25) is 14.6 Å². The summed E-state index contributed by atoms with van der Waals surface area (Å²) in [6, 6.07) is 5.47. The van der Waals surface area contributed by atoms with E-state index < -0.39 is 4.92 Å². The molecule has 0 amide bonds. The molecule has 1 aromatic carbocycles. The average molecular weight is 500 g/mol. The van der Waals surface area contributed by atoms with Gasteiger partial charge in [0.2, 0.25) is 11.9 Å². The Balaban J connectivity index is 1.66. The molecule has 1 saturated carbocycles. The Morgan fingerprint density at radius 1 is 1.03 bits per heavy atom. The van der Waals surface area contributed by atoms with E-state index in [4.69, 9.17) is 14.7 Å². The van der Waals surface area contributed by atoms with E-state index in [-0.39, 0.29) is 11.4 Å². The van der Waals surface area contributed by atoms with Crippen molar-refractivity contribution >= 4 is 29.2 Å². The number of ether oxygens (including phenoxy) is 1. The maximum Gasteiger partial charge on any atom is 0.335 e. The molecule has 0 bridgehead atoms. The Kier molecular flexibility index (Phi) is 8.20. The number of nitrogens with zero attached hydrogens (tertiary/aromatic N) is 6. The lowest BCUT2D eigenvalue weighted by Crippen LogP contribution is -2.55. The van der Waals surface area contributed by atoms with Crippen molar-refractivity contribution in [3.8, 4) is 5.75 Å². The highest BCUT2D eigenvalue weighted by Crippen LogP contribution is 2.32. The van der Waals surface area contributed by atoms with Crippen LogP contribution in [0.15, 0.2) is 18.2 Å². The zero-order chi connectivity index (χ0) is 25.7. The van der Waals surface area contributed by atoms with E-state index in [0.717, 1.165) is 38.8 Å². The normalized spacial score (nSPS) is 18.4. The number of nitrogens with one attached hydrogen (secondary N) is 2. The number of hydrogen-bond acceptors (Lipinski definition) is 9. The van der Waals surface area contributed by atoms with Gasteiger partial charge < -0.3 is 20.3 Å². The molecule has 1 aromatic heterocycles. The third-order valence-corrected chi connectivity index (χ3v) is 7.56. The Bertz CT molecular complexity index is 1050. The number of benzene rings is 1. The van der Waals surface area contributed by atoms with Crippen molar-refractivity contribution in [2.24, 2.45) is 0 Å². The second-order valence-corrected chi connectivity index (χ2v) is 10.5. The van der Waals surface area contributed by atoms with Crippen molar-refractivity contribution < 1.29 is 9.66 Å². The highest BCUT2D eigenvalue weighted by atomic mass is 16.6. The van der Waals surface area contributed by atoms with Gasteiger partial charge in [-0.25, -0.2) is 0 Å². The number of rotatable bonds is 8. The molecule has 1 saturated heterocycles. The minimum absolute atomic E-state index is 0.115. The first-order valence-electron chi connectivity index (χ1n) is 12.9. The van der Waals surface area contributed by atoms with Crippen LogP contribution in [-0.4, -0.2) is 78.2 Å². The number of likely N-dealkylation sites (tertiary alicyclic amines) is 1. The van der Waals surface area contributed by atoms with Crippen LogP contribution in [0.1, 0.15) is 51.4 Å². The molecular weight excluding hydrogens is 460 g/mol. The number of nitro groups is 1. The molecule has 2 aromatic rings. The molecule has 11 heteroatoms. The fraction of sp³-hybridized carbons (Fsp3) is 0.640. The zero-order valence-electron chi connectivity index (χ0n) is 21.9. The van der Waals surface area contributed by atoms with E-state index in [9.17, 15) is 10.1 Å². The van der Waals surface area contributed by atoms with Crippen molar-refractivity contribution in [2.45, 2.75) is 63.5 Å². The Hall–Kier alpha value is -3.05. The van der Waals surface area contributed by atoms with Gasteiger partial charge in [-0.2, -0.15) is 4.98 Å². The largest absolute Gasteiger partial charge is 0.490 e. The van der Waals surface area contributed by atoms with E-state index in [0.29, 0.717) is 40.1 Å². The number of quaternary nitrogens is 1. The quantitative estimate of drug-likeness (QED) is 0.237. The molecule has 196 valence electrons. The Morgan fingerprint density at radius 3 is 2.33 bits per heavy atom. The number of nitro benzene ring substituents is 1. The second-order valence-electron chi connectivity index (χ2n) is 10.5. The number of aromatic nitrogens is 3. The molecule has 2 aliphatic rings. The van der Waals surface area contributed by atoms with Crippen molar-refractivity contribution in [2.75, 3.05) is 52.0 Å². The molecule has 2 N–H and O–H groups in total. The topological polar surface area (TPSA) is 118 Å². The van der Waals surface area contributed by atoms with Gasteiger partial charge in [0.05, 0.1) is 32.2 Å². The summed E-state index contributed by atoms with van der Waals surface area (Å²) in [5, 5.41) is 18.3. The molecule has 0 radical (unpaired) electrons. The zero-order valence-corrected chi connectivity index (χ0v) is 21.9. The van der Waals surface area contributed by atoms with Gasteiger partial charge in [0.15, 0.2) is 5.75 Å². The summed E-state index contributed by atoms with van der Waals surface area (Å²) >= 11 is 0. The van der Waals surface area contributed by atoms with Crippen molar-refractivity contribution in [3.05, 3.63) is 28.3 Å². The van der Waals surface area contributed by atoms with Gasteiger partial charge in [-0.1, -0.05) is 25.7 Å². The van der Waals surface area contributed by atoms with Crippen LogP contribution < -0.4 is 19.9 Å². The van der Waals surface area contributed by atoms with Gasteiger partial charge in [0, 0.05) is 43.7 Å². The first-order chi connectivity index (χ1) is 17.3. The van der Waals surface area contributed by atoms with Crippen molar-refractivity contribution in [3.63, 3.8) is 0 Å². The van der Waals surface area contributed by atoms with Gasteiger partial charge >= 0.3 is 11.6 Å². The molecule has 0 spiro atoms. The minimum Gasteiger partial charge on any atom is -0.490 e. The maximum atomic E-state index is 11.5. The molecule has 4 rings (SSSR count). The standard InChI is InChI=1S/C25H39N8O3/c1-31-15-13-20(14-16-31)33(2,3)25-29-23(26-18-9-7-5-6-8-10-18)28-24(30-25)27-19-11-12-22(36-4)21(17-19)32(34)35/h11-12,17-18,20H,5-10,13-16H2,1-4H3,(H2,26,27,28,29,30)/q+1. The molecule has 0 unspecified atom stereocenters. The van der Waals surface area contributed by atoms with E-state index in [2.05, 4.69) is 41.7 Å². The smallest absolute Gasteiger partial charge is 0.335 e. The summed E-state index contributed by atoms with van der Waals surface area (Å²) in [6.45, 7) is 2.09. The number of hydrogen-bond donors (Lipinski definition) is 2.